The molecular formula is C20H25BrF3N3O2. The molecule has 1 amide bonds. The summed E-state index contributed by atoms with van der Waals surface area (Å²) in [7, 11) is 0. The van der Waals surface area contributed by atoms with Gasteiger partial charge in [-0.2, -0.15) is 13.2 Å². The van der Waals surface area contributed by atoms with Crippen molar-refractivity contribution in [2.45, 2.75) is 26.1 Å². The maximum Gasteiger partial charge on any atom is 0.411 e. The molecule has 0 bridgehead atoms. The van der Waals surface area contributed by atoms with E-state index in [0.717, 1.165) is 34.2 Å². The fraction of sp³-hybridized carbons (Fsp3) is 0.550. The highest BCUT2D eigenvalue weighted by molar-refractivity contribution is 9.10. The summed E-state index contributed by atoms with van der Waals surface area (Å²) in [6, 6.07) is 7.99. The molecule has 0 aliphatic carbocycles. The number of ether oxygens (including phenoxy) is 1. The number of fused-ring (bicyclic) bond motifs is 1. The average molecular weight is 476 g/mol. The Labute approximate surface area is 176 Å². The Kier molecular flexibility index (Phi) is 7.23. The molecule has 0 radical (unpaired) electrons. The molecule has 1 aliphatic heterocycles. The van der Waals surface area contributed by atoms with Crippen LogP contribution in [-0.4, -0.2) is 72.4 Å². The maximum atomic E-state index is 12.8. The van der Waals surface area contributed by atoms with E-state index in [1.54, 1.807) is 0 Å². The van der Waals surface area contributed by atoms with E-state index < -0.39 is 12.8 Å². The first-order chi connectivity index (χ1) is 13.8. The van der Waals surface area contributed by atoms with Gasteiger partial charge >= 0.3 is 6.18 Å². The molecule has 0 unspecified atom stereocenters. The van der Waals surface area contributed by atoms with Gasteiger partial charge in [-0.25, -0.2) is 0 Å². The average Bonchev–Trinajstić information content (AvgIpc) is 2.92. The highest BCUT2D eigenvalue weighted by atomic mass is 79.9. The zero-order chi connectivity index (χ0) is 21.0. The van der Waals surface area contributed by atoms with Gasteiger partial charge < -0.3 is 14.2 Å². The molecule has 5 nitrogen and oxygen atoms in total. The predicted octanol–water partition coefficient (Wildman–Crippen LogP) is 3.83. The van der Waals surface area contributed by atoms with Crippen molar-refractivity contribution in [1.82, 2.24) is 14.4 Å². The van der Waals surface area contributed by atoms with Crippen LogP contribution in [-0.2, 0) is 16.1 Å². The first-order valence-electron chi connectivity index (χ1n) is 9.64. The molecule has 1 aromatic carbocycles. The van der Waals surface area contributed by atoms with Crippen LogP contribution in [0.15, 0.2) is 28.7 Å². The fourth-order valence-electron chi connectivity index (χ4n) is 3.63. The lowest BCUT2D eigenvalue weighted by atomic mass is 10.2. The zero-order valence-electron chi connectivity index (χ0n) is 16.3. The number of hydrogen-bond donors (Lipinski definition) is 0. The van der Waals surface area contributed by atoms with Crippen LogP contribution >= 0.6 is 15.9 Å². The van der Waals surface area contributed by atoms with Crippen molar-refractivity contribution in [3.8, 4) is 0 Å². The SMILES string of the molecule is Cc1c(Br)c2ccccc2n1CC(=O)N1CCN(CCCOCC(F)(F)F)CC1. The van der Waals surface area contributed by atoms with Crippen LogP contribution in [0.4, 0.5) is 13.2 Å². The third kappa shape index (κ3) is 5.73. The normalized spacial score (nSPS) is 16.0. The van der Waals surface area contributed by atoms with Crippen molar-refractivity contribution in [2.75, 3.05) is 45.9 Å². The molecule has 9 heteroatoms. The van der Waals surface area contributed by atoms with E-state index in [-0.39, 0.29) is 12.5 Å². The second-order valence-corrected chi connectivity index (χ2v) is 8.04. The first-order valence-corrected chi connectivity index (χ1v) is 10.4. The van der Waals surface area contributed by atoms with Crippen LogP contribution in [0.2, 0.25) is 0 Å². The number of halogens is 4. The summed E-state index contributed by atoms with van der Waals surface area (Å²) in [4.78, 5) is 16.8. The number of alkyl halides is 3. The highest BCUT2D eigenvalue weighted by Crippen LogP contribution is 2.30. The van der Waals surface area contributed by atoms with Gasteiger partial charge in [-0.05, 0) is 35.3 Å². The third-order valence-corrected chi connectivity index (χ3v) is 6.20. The van der Waals surface area contributed by atoms with Crippen molar-refractivity contribution < 1.29 is 22.7 Å². The number of amides is 1. The molecule has 1 aromatic heterocycles. The van der Waals surface area contributed by atoms with E-state index in [1.165, 1.54) is 0 Å². The topological polar surface area (TPSA) is 37.7 Å². The number of carbonyl (C=O) groups excluding carboxylic acids is 1. The lowest BCUT2D eigenvalue weighted by molar-refractivity contribution is -0.174. The second-order valence-electron chi connectivity index (χ2n) is 7.25. The molecule has 1 saturated heterocycles. The van der Waals surface area contributed by atoms with E-state index in [2.05, 4.69) is 25.6 Å². The van der Waals surface area contributed by atoms with E-state index in [0.29, 0.717) is 32.6 Å². The molecule has 0 atom stereocenters. The van der Waals surface area contributed by atoms with E-state index >= 15 is 0 Å². The summed E-state index contributed by atoms with van der Waals surface area (Å²) >= 11 is 3.62. The molecule has 0 N–H and O–H groups in total. The van der Waals surface area contributed by atoms with Gasteiger partial charge in [-0.1, -0.05) is 18.2 Å². The van der Waals surface area contributed by atoms with Gasteiger partial charge in [0.05, 0.1) is 0 Å². The summed E-state index contributed by atoms with van der Waals surface area (Å²) in [6.45, 7) is 4.56. The van der Waals surface area contributed by atoms with Gasteiger partial charge in [0.2, 0.25) is 5.91 Å². The Morgan fingerprint density at radius 2 is 1.86 bits per heavy atom. The molecule has 160 valence electrons. The summed E-state index contributed by atoms with van der Waals surface area (Å²) in [6.07, 6.45) is -3.72. The largest absolute Gasteiger partial charge is 0.411 e. The number of aromatic nitrogens is 1. The monoisotopic (exact) mass is 475 g/mol. The Hall–Kier alpha value is -1.58. The van der Waals surface area contributed by atoms with Crippen molar-refractivity contribution in [1.29, 1.82) is 0 Å². The molecule has 2 aromatic rings. The minimum atomic E-state index is -4.27. The molecule has 0 saturated carbocycles. The highest BCUT2D eigenvalue weighted by Gasteiger charge is 2.27. The van der Waals surface area contributed by atoms with Gasteiger partial charge in [-0.15, -0.1) is 0 Å². The smallest absolute Gasteiger partial charge is 0.372 e. The van der Waals surface area contributed by atoms with Gasteiger partial charge in [0.15, 0.2) is 0 Å². The maximum absolute atomic E-state index is 12.8. The fourth-order valence-corrected chi connectivity index (χ4v) is 4.18. The molecule has 29 heavy (non-hydrogen) atoms. The Bertz CT molecular complexity index is 845. The number of para-hydroxylation sites is 1. The second kappa shape index (κ2) is 9.49. The number of rotatable bonds is 7. The van der Waals surface area contributed by atoms with Gasteiger partial charge in [0.1, 0.15) is 13.2 Å². The Morgan fingerprint density at radius 3 is 2.55 bits per heavy atom. The van der Waals surface area contributed by atoms with Crippen LogP contribution < -0.4 is 0 Å². The van der Waals surface area contributed by atoms with Crippen LogP contribution in [0, 0.1) is 6.92 Å². The first kappa shape index (κ1) is 22.1. The standard InChI is InChI=1S/C20H25BrF3N3O2/c1-15-19(21)16-5-2-3-6-17(16)27(15)13-18(28)26-10-8-25(9-11-26)7-4-12-29-14-20(22,23)24/h2-3,5-6H,4,7-14H2,1H3. The van der Waals surface area contributed by atoms with E-state index in [9.17, 15) is 18.0 Å². The van der Waals surface area contributed by atoms with Crippen LogP contribution in [0.1, 0.15) is 12.1 Å². The quantitative estimate of drug-likeness (QED) is 0.571. The molecular weight excluding hydrogens is 451 g/mol. The summed E-state index contributed by atoms with van der Waals surface area (Å²) in [5.74, 6) is 0.0783. The van der Waals surface area contributed by atoms with Crippen molar-refractivity contribution in [3.05, 3.63) is 34.4 Å². The van der Waals surface area contributed by atoms with Crippen LogP contribution in [0.25, 0.3) is 10.9 Å². The summed E-state index contributed by atoms with van der Waals surface area (Å²) < 4.78 is 43.8. The molecule has 0 spiro atoms. The van der Waals surface area contributed by atoms with Crippen molar-refractivity contribution in [3.63, 3.8) is 0 Å². The van der Waals surface area contributed by atoms with Gasteiger partial charge in [-0.3, -0.25) is 9.69 Å². The third-order valence-electron chi connectivity index (χ3n) is 5.20. The number of benzene rings is 1. The van der Waals surface area contributed by atoms with Crippen LogP contribution in [0.5, 0.6) is 0 Å². The molecule has 1 fully saturated rings. The zero-order valence-corrected chi connectivity index (χ0v) is 17.9. The van der Waals surface area contributed by atoms with Gasteiger partial charge in [0, 0.05) is 60.4 Å². The number of nitrogens with zero attached hydrogens (tertiary/aromatic N) is 3. The van der Waals surface area contributed by atoms with Crippen molar-refractivity contribution in [2.24, 2.45) is 0 Å². The number of hydrogen-bond acceptors (Lipinski definition) is 3. The lowest BCUT2D eigenvalue weighted by Crippen LogP contribution is -2.49. The van der Waals surface area contributed by atoms with Crippen molar-refractivity contribution >= 4 is 32.7 Å². The summed E-state index contributed by atoms with van der Waals surface area (Å²) in [5, 5.41) is 1.09. The molecule has 3 rings (SSSR count). The minimum Gasteiger partial charge on any atom is -0.372 e. The minimum absolute atomic E-state index is 0.0783. The Morgan fingerprint density at radius 1 is 1.17 bits per heavy atom. The van der Waals surface area contributed by atoms with Gasteiger partial charge in [0.25, 0.3) is 0 Å². The number of piperazine rings is 1. The number of carbonyl (C=O) groups is 1. The molecule has 1 aliphatic rings. The van der Waals surface area contributed by atoms with E-state index in [4.69, 9.17) is 0 Å². The van der Waals surface area contributed by atoms with E-state index in [1.807, 2.05) is 40.7 Å². The summed E-state index contributed by atoms with van der Waals surface area (Å²) in [5.41, 5.74) is 2.06. The lowest BCUT2D eigenvalue weighted by Gasteiger charge is -2.35. The van der Waals surface area contributed by atoms with Crippen LogP contribution in [0.3, 0.4) is 0 Å². The molecule has 2 heterocycles. The Balaban J connectivity index is 1.46. The predicted molar refractivity (Wildman–Crippen MR) is 109 cm³/mol.